The van der Waals surface area contributed by atoms with Gasteiger partial charge in [-0.2, -0.15) is 23.4 Å². The fraction of sp³-hybridized carbons (Fsp3) is 0.524. The predicted octanol–water partition coefficient (Wildman–Crippen LogP) is 2.29. The number of nitrogens with zero attached hydrogens (tertiary/aromatic N) is 7. The Hall–Kier alpha value is -3.29. The van der Waals surface area contributed by atoms with Crippen molar-refractivity contribution in [2.24, 2.45) is 5.92 Å². The lowest BCUT2D eigenvalue weighted by Gasteiger charge is -2.31. The Kier molecular flexibility index (Phi) is 10.8. The number of piperazine rings is 1. The predicted molar refractivity (Wildman–Crippen MR) is 127 cm³/mol. The number of likely N-dealkylation sites (N-methyl/N-ethyl adjacent to an activating group) is 1. The lowest BCUT2D eigenvalue weighted by Crippen LogP contribution is -2.45. The maximum Gasteiger partial charge on any atom is 0.490 e. The zero-order chi connectivity index (χ0) is 27.8. The molecule has 202 valence electrons. The number of rotatable bonds is 7. The molecule has 1 aliphatic rings. The molecule has 0 aromatic carbocycles. The Morgan fingerprint density at radius 2 is 1.95 bits per heavy atom. The number of aromatic nitrogens is 3. The molecule has 2 aromatic rings. The second-order valence-corrected chi connectivity index (χ2v) is 9.34. The van der Waals surface area contributed by atoms with E-state index in [0.717, 1.165) is 26.2 Å². The smallest absolute Gasteiger partial charge is 0.475 e. The van der Waals surface area contributed by atoms with Crippen molar-refractivity contribution in [3.63, 3.8) is 0 Å². The number of nitriles is 1. The van der Waals surface area contributed by atoms with Gasteiger partial charge in [-0.05, 0) is 28.9 Å². The highest BCUT2D eigenvalue weighted by Gasteiger charge is 2.38. The average molecular weight is 591 g/mol. The SMILES string of the molecule is CC(C)CN(NC(=O)c1cc(CN2CCN(C)CC2)on1)c1nc(C#N)ncc1Br.O=C(O)C(F)(F)F. The monoisotopic (exact) mass is 590 g/mol. The van der Waals surface area contributed by atoms with Gasteiger partial charge in [0.25, 0.3) is 5.91 Å². The van der Waals surface area contributed by atoms with Crippen LogP contribution in [0.4, 0.5) is 19.0 Å². The van der Waals surface area contributed by atoms with Gasteiger partial charge in [0, 0.05) is 45.0 Å². The Morgan fingerprint density at radius 3 is 2.49 bits per heavy atom. The highest BCUT2D eigenvalue weighted by Crippen LogP contribution is 2.23. The molecule has 2 aromatic heterocycles. The number of carbonyl (C=O) groups is 2. The molecule has 3 rings (SSSR count). The van der Waals surface area contributed by atoms with E-state index in [2.05, 4.69) is 53.3 Å². The van der Waals surface area contributed by atoms with Gasteiger partial charge in [0.15, 0.2) is 17.3 Å². The van der Waals surface area contributed by atoms with E-state index >= 15 is 0 Å². The fourth-order valence-electron chi connectivity index (χ4n) is 3.05. The summed E-state index contributed by atoms with van der Waals surface area (Å²) >= 11 is 3.39. The Morgan fingerprint density at radius 1 is 1.32 bits per heavy atom. The fourth-order valence-corrected chi connectivity index (χ4v) is 3.46. The molecule has 1 amide bonds. The molecule has 0 spiro atoms. The molecule has 0 saturated carbocycles. The van der Waals surface area contributed by atoms with Crippen LogP contribution in [0.25, 0.3) is 0 Å². The van der Waals surface area contributed by atoms with Crippen LogP contribution in [-0.4, -0.2) is 87.9 Å². The molecular formula is C21H26BrF3N8O4. The number of hydrogen-bond acceptors (Lipinski definition) is 10. The van der Waals surface area contributed by atoms with Gasteiger partial charge in [-0.25, -0.2) is 9.78 Å². The molecule has 1 saturated heterocycles. The normalized spacial score (nSPS) is 14.5. The van der Waals surface area contributed by atoms with Gasteiger partial charge < -0.3 is 14.5 Å². The van der Waals surface area contributed by atoms with E-state index in [1.807, 2.05) is 19.9 Å². The van der Waals surface area contributed by atoms with Crippen molar-refractivity contribution >= 4 is 33.6 Å². The first kappa shape index (κ1) is 29.9. The summed E-state index contributed by atoms with van der Waals surface area (Å²) in [6.45, 7) is 9.04. The molecule has 12 nitrogen and oxygen atoms in total. The number of alkyl halides is 3. The van der Waals surface area contributed by atoms with E-state index in [1.165, 1.54) is 6.20 Å². The number of carbonyl (C=O) groups excluding carboxylic acids is 1. The van der Waals surface area contributed by atoms with E-state index in [4.69, 9.17) is 19.7 Å². The molecule has 2 N–H and O–H groups in total. The molecule has 1 fully saturated rings. The van der Waals surface area contributed by atoms with Crippen molar-refractivity contribution in [2.45, 2.75) is 26.6 Å². The van der Waals surface area contributed by atoms with Crippen LogP contribution >= 0.6 is 15.9 Å². The summed E-state index contributed by atoms with van der Waals surface area (Å²) in [6, 6.07) is 3.58. The molecule has 3 heterocycles. The lowest BCUT2D eigenvalue weighted by molar-refractivity contribution is -0.192. The third-order valence-corrected chi connectivity index (χ3v) is 5.43. The van der Waals surface area contributed by atoms with Gasteiger partial charge in [-0.15, -0.1) is 0 Å². The number of hydrazine groups is 1. The summed E-state index contributed by atoms with van der Waals surface area (Å²) in [5.41, 5.74) is 3.01. The number of halogens is 4. The van der Waals surface area contributed by atoms with Crippen molar-refractivity contribution in [3.05, 3.63) is 34.0 Å². The van der Waals surface area contributed by atoms with Crippen LogP contribution in [0.5, 0.6) is 0 Å². The van der Waals surface area contributed by atoms with Crippen LogP contribution in [-0.2, 0) is 11.3 Å². The molecule has 16 heteroatoms. The molecule has 37 heavy (non-hydrogen) atoms. The first-order chi connectivity index (χ1) is 17.3. The lowest BCUT2D eigenvalue weighted by atomic mass is 10.2. The van der Waals surface area contributed by atoms with Gasteiger partial charge >= 0.3 is 12.1 Å². The zero-order valence-corrected chi connectivity index (χ0v) is 21.9. The number of nitrogens with one attached hydrogen (secondary N) is 1. The van der Waals surface area contributed by atoms with E-state index < -0.39 is 18.1 Å². The minimum absolute atomic E-state index is 0.0205. The van der Waals surface area contributed by atoms with Crippen molar-refractivity contribution in [2.75, 3.05) is 44.8 Å². The van der Waals surface area contributed by atoms with Gasteiger partial charge in [-0.3, -0.25) is 20.1 Å². The first-order valence-corrected chi connectivity index (χ1v) is 11.8. The summed E-state index contributed by atoms with van der Waals surface area (Å²) in [7, 11) is 2.10. The van der Waals surface area contributed by atoms with Crippen LogP contribution in [0.15, 0.2) is 21.3 Å². The van der Waals surface area contributed by atoms with Gasteiger partial charge in [-0.1, -0.05) is 19.0 Å². The van der Waals surface area contributed by atoms with Crippen LogP contribution in [0.1, 0.15) is 35.9 Å². The summed E-state index contributed by atoms with van der Waals surface area (Å²) in [5.74, 6) is -1.87. The third kappa shape index (κ3) is 9.59. The van der Waals surface area contributed by atoms with Crippen LogP contribution in [0.3, 0.4) is 0 Å². The minimum Gasteiger partial charge on any atom is -0.475 e. The van der Waals surface area contributed by atoms with Gasteiger partial charge in [0.1, 0.15) is 6.07 Å². The standard InChI is InChI=1S/C19H25BrN8O2.C2HF3O2/c1-13(2)11-28(18-15(20)10-22-17(9-21)23-18)24-19(29)16-8-14(30-25-16)12-27-6-4-26(3)5-7-27;3-2(4,5)1(6)7/h8,10,13H,4-7,11-12H2,1-3H3,(H,24,29);(H,6,7). The first-order valence-electron chi connectivity index (χ1n) is 11.0. The number of carboxylic acids is 1. The molecule has 0 unspecified atom stereocenters. The highest BCUT2D eigenvalue weighted by atomic mass is 79.9. The topological polar surface area (TPSA) is 152 Å². The molecule has 0 bridgehead atoms. The maximum absolute atomic E-state index is 12.8. The minimum atomic E-state index is -5.08. The second kappa shape index (κ2) is 13.3. The molecule has 0 radical (unpaired) electrons. The van der Waals surface area contributed by atoms with Crippen LogP contribution in [0, 0.1) is 17.2 Å². The van der Waals surface area contributed by atoms with E-state index in [1.54, 1.807) is 11.1 Å². The van der Waals surface area contributed by atoms with Crippen LogP contribution in [0.2, 0.25) is 0 Å². The number of hydrogen-bond donors (Lipinski definition) is 2. The number of anilines is 1. The summed E-state index contributed by atoms with van der Waals surface area (Å²) in [6.07, 6.45) is -3.59. The summed E-state index contributed by atoms with van der Waals surface area (Å²) < 4.78 is 37.7. The highest BCUT2D eigenvalue weighted by molar-refractivity contribution is 9.10. The molecular weight excluding hydrogens is 565 g/mol. The van der Waals surface area contributed by atoms with Crippen molar-refractivity contribution in [1.29, 1.82) is 5.26 Å². The van der Waals surface area contributed by atoms with Gasteiger partial charge in [0.05, 0.1) is 11.0 Å². The number of aliphatic carboxylic acids is 1. The Balaban J connectivity index is 0.000000604. The number of carboxylic acid groups (broad SMARTS) is 1. The summed E-state index contributed by atoms with van der Waals surface area (Å²) in [5, 5.41) is 21.8. The molecule has 0 atom stereocenters. The molecule has 0 aliphatic carbocycles. The maximum atomic E-state index is 12.8. The van der Waals surface area contributed by atoms with E-state index in [-0.39, 0.29) is 17.4 Å². The zero-order valence-electron chi connectivity index (χ0n) is 20.3. The largest absolute Gasteiger partial charge is 0.490 e. The Bertz CT molecular complexity index is 1110. The quantitative estimate of drug-likeness (QED) is 0.457. The van der Waals surface area contributed by atoms with Gasteiger partial charge in [0.2, 0.25) is 5.82 Å². The van der Waals surface area contributed by atoms with Crippen molar-refractivity contribution < 1.29 is 32.4 Å². The van der Waals surface area contributed by atoms with Crippen molar-refractivity contribution in [1.82, 2.24) is 30.4 Å². The number of amides is 1. The molecule has 1 aliphatic heterocycles. The van der Waals surface area contributed by atoms with Crippen molar-refractivity contribution in [3.8, 4) is 6.07 Å². The van der Waals surface area contributed by atoms with E-state index in [0.29, 0.717) is 29.1 Å². The van der Waals surface area contributed by atoms with Crippen LogP contribution < -0.4 is 10.4 Å². The Labute approximate surface area is 219 Å². The second-order valence-electron chi connectivity index (χ2n) is 8.48. The van der Waals surface area contributed by atoms with E-state index in [9.17, 15) is 18.0 Å². The summed E-state index contributed by atoms with van der Waals surface area (Å²) in [4.78, 5) is 34.4. The average Bonchev–Trinajstić information content (AvgIpc) is 3.28. The third-order valence-electron chi connectivity index (χ3n) is 4.87.